The molecule has 4 rings (SSSR count). The maximum absolute atomic E-state index is 6.24. The van der Waals surface area contributed by atoms with Crippen molar-refractivity contribution in [2.75, 3.05) is 19.0 Å². The van der Waals surface area contributed by atoms with Crippen molar-refractivity contribution in [3.63, 3.8) is 0 Å². The highest BCUT2D eigenvalue weighted by atomic mass is 16.5. The van der Waals surface area contributed by atoms with E-state index in [1.165, 1.54) is 0 Å². The van der Waals surface area contributed by atoms with Crippen molar-refractivity contribution in [3.05, 3.63) is 66.5 Å². The van der Waals surface area contributed by atoms with Crippen LogP contribution >= 0.6 is 0 Å². The van der Waals surface area contributed by atoms with Gasteiger partial charge in [0.2, 0.25) is 5.95 Å². The molecular formula is C21H22N6O. The minimum absolute atomic E-state index is 0.0523. The first-order valence-electron chi connectivity index (χ1n) is 9.10. The second-order valence-electron chi connectivity index (χ2n) is 6.64. The fourth-order valence-corrected chi connectivity index (χ4v) is 3.06. The largest absolute Gasteiger partial charge is 0.497 e. The Morgan fingerprint density at radius 3 is 2.79 bits per heavy atom. The van der Waals surface area contributed by atoms with Gasteiger partial charge >= 0.3 is 0 Å². The molecule has 7 nitrogen and oxygen atoms in total. The summed E-state index contributed by atoms with van der Waals surface area (Å²) >= 11 is 0. The van der Waals surface area contributed by atoms with E-state index in [0.717, 1.165) is 34.1 Å². The zero-order chi connectivity index (χ0) is 19.3. The Morgan fingerprint density at radius 2 is 1.96 bits per heavy atom. The summed E-state index contributed by atoms with van der Waals surface area (Å²) in [7, 11) is 1.66. The monoisotopic (exact) mass is 374 g/mol. The summed E-state index contributed by atoms with van der Waals surface area (Å²) in [6, 6.07) is 16.0. The van der Waals surface area contributed by atoms with Gasteiger partial charge < -0.3 is 15.8 Å². The molecule has 0 unspecified atom stereocenters. The normalized spacial score (nSPS) is 12.1. The molecule has 0 fully saturated rings. The predicted molar refractivity (Wildman–Crippen MR) is 110 cm³/mol. The van der Waals surface area contributed by atoms with Crippen LogP contribution in [0.15, 0.2) is 60.9 Å². The summed E-state index contributed by atoms with van der Waals surface area (Å²) in [5.74, 6) is 2.09. The van der Waals surface area contributed by atoms with Crippen LogP contribution in [0.25, 0.3) is 22.2 Å². The Hall–Kier alpha value is -3.45. The third kappa shape index (κ3) is 4.10. The number of anilines is 1. The molecule has 0 spiro atoms. The van der Waals surface area contributed by atoms with Gasteiger partial charge in [0, 0.05) is 35.9 Å². The van der Waals surface area contributed by atoms with E-state index in [0.29, 0.717) is 18.3 Å². The minimum Gasteiger partial charge on any atom is -0.497 e. The van der Waals surface area contributed by atoms with Crippen molar-refractivity contribution < 1.29 is 4.74 Å². The molecule has 0 radical (unpaired) electrons. The predicted octanol–water partition coefficient (Wildman–Crippen LogP) is 3.01. The van der Waals surface area contributed by atoms with E-state index in [1.807, 2.05) is 48.7 Å². The summed E-state index contributed by atoms with van der Waals surface area (Å²) in [5, 5.41) is 12.6. The molecule has 2 heterocycles. The van der Waals surface area contributed by atoms with E-state index in [2.05, 4.69) is 31.5 Å². The summed E-state index contributed by atoms with van der Waals surface area (Å²) < 4.78 is 5.18. The molecule has 0 aliphatic rings. The molecule has 0 aliphatic heterocycles. The van der Waals surface area contributed by atoms with Crippen molar-refractivity contribution in [3.8, 4) is 17.1 Å². The Kier molecular flexibility index (Phi) is 5.16. The Balaban J connectivity index is 1.37. The number of hydrogen-bond acceptors (Lipinski definition) is 6. The van der Waals surface area contributed by atoms with Crippen LogP contribution in [-0.2, 0) is 6.42 Å². The van der Waals surface area contributed by atoms with Crippen LogP contribution in [0.4, 0.5) is 5.95 Å². The van der Waals surface area contributed by atoms with Gasteiger partial charge in [-0.05, 0) is 41.6 Å². The SMILES string of the molecule is COc1ccc(C[C@H](N)CNc2n[nH]c(-c3ccc4cnccc4c3)n2)cc1. The molecular weight excluding hydrogens is 352 g/mol. The standard InChI is InChI=1S/C21H22N6O/c1-28-19-6-2-14(3-7-19)10-18(22)13-24-21-25-20(26-27-21)16-4-5-17-12-23-9-8-15(17)11-16/h2-9,11-12,18H,10,13,22H2,1H3,(H2,24,25,26,27)/t18-/m0/s1. The zero-order valence-corrected chi connectivity index (χ0v) is 15.6. The first kappa shape index (κ1) is 17.9. The molecule has 2 aromatic carbocycles. The minimum atomic E-state index is -0.0523. The van der Waals surface area contributed by atoms with Crippen molar-refractivity contribution in [1.29, 1.82) is 0 Å². The molecule has 0 amide bonds. The van der Waals surface area contributed by atoms with Crippen LogP contribution in [0.5, 0.6) is 5.75 Å². The zero-order valence-electron chi connectivity index (χ0n) is 15.6. The van der Waals surface area contributed by atoms with Crippen molar-refractivity contribution >= 4 is 16.7 Å². The number of H-pyrrole nitrogens is 1. The summed E-state index contributed by atoms with van der Waals surface area (Å²) in [6.45, 7) is 0.576. The van der Waals surface area contributed by atoms with Crippen LogP contribution in [-0.4, -0.2) is 39.9 Å². The van der Waals surface area contributed by atoms with E-state index >= 15 is 0 Å². The topological polar surface area (TPSA) is 102 Å². The molecule has 0 aliphatic carbocycles. The van der Waals surface area contributed by atoms with Gasteiger partial charge in [-0.2, -0.15) is 4.98 Å². The van der Waals surface area contributed by atoms with Crippen molar-refractivity contribution in [2.24, 2.45) is 5.73 Å². The van der Waals surface area contributed by atoms with Crippen LogP contribution in [0.2, 0.25) is 0 Å². The average molecular weight is 374 g/mol. The number of aromatic nitrogens is 4. The van der Waals surface area contributed by atoms with Crippen LogP contribution in [0, 0.1) is 0 Å². The van der Waals surface area contributed by atoms with Gasteiger partial charge in [-0.15, -0.1) is 5.10 Å². The number of ether oxygens (including phenoxy) is 1. The second kappa shape index (κ2) is 8.06. The maximum Gasteiger partial charge on any atom is 0.242 e. The molecule has 28 heavy (non-hydrogen) atoms. The highest BCUT2D eigenvalue weighted by Gasteiger charge is 2.09. The second-order valence-corrected chi connectivity index (χ2v) is 6.64. The highest BCUT2D eigenvalue weighted by Crippen LogP contribution is 2.21. The molecule has 4 N–H and O–H groups in total. The molecule has 0 saturated carbocycles. The Morgan fingerprint density at radius 1 is 1.11 bits per heavy atom. The van der Waals surface area contributed by atoms with E-state index in [9.17, 15) is 0 Å². The van der Waals surface area contributed by atoms with Gasteiger partial charge in [0.25, 0.3) is 0 Å². The molecule has 1 atom stereocenters. The Labute approximate surface area is 163 Å². The third-order valence-electron chi connectivity index (χ3n) is 4.58. The fourth-order valence-electron chi connectivity index (χ4n) is 3.06. The van der Waals surface area contributed by atoms with Crippen molar-refractivity contribution in [1.82, 2.24) is 20.2 Å². The first-order chi connectivity index (χ1) is 13.7. The lowest BCUT2D eigenvalue weighted by atomic mass is 10.1. The van der Waals surface area contributed by atoms with Gasteiger partial charge in [0.15, 0.2) is 5.82 Å². The number of benzene rings is 2. The molecule has 142 valence electrons. The number of rotatable bonds is 7. The van der Waals surface area contributed by atoms with Gasteiger partial charge in [-0.25, -0.2) is 0 Å². The van der Waals surface area contributed by atoms with Crippen LogP contribution < -0.4 is 15.8 Å². The quantitative estimate of drug-likeness (QED) is 0.460. The molecule has 2 aromatic heterocycles. The first-order valence-corrected chi connectivity index (χ1v) is 9.10. The van der Waals surface area contributed by atoms with Gasteiger partial charge in [0.1, 0.15) is 5.75 Å². The summed E-state index contributed by atoms with van der Waals surface area (Å²) in [6.07, 6.45) is 4.38. The third-order valence-corrected chi connectivity index (χ3v) is 4.58. The van der Waals surface area contributed by atoms with Gasteiger partial charge in [0.05, 0.1) is 7.11 Å². The van der Waals surface area contributed by atoms with Crippen LogP contribution in [0.1, 0.15) is 5.56 Å². The number of methoxy groups -OCH3 is 1. The van der Waals surface area contributed by atoms with E-state index in [4.69, 9.17) is 10.5 Å². The number of nitrogens with zero attached hydrogens (tertiary/aromatic N) is 3. The van der Waals surface area contributed by atoms with Gasteiger partial charge in [-0.3, -0.25) is 10.1 Å². The van der Waals surface area contributed by atoms with E-state index in [-0.39, 0.29) is 6.04 Å². The number of nitrogens with two attached hydrogens (primary N) is 1. The Bertz CT molecular complexity index is 1060. The number of aromatic amines is 1. The lowest BCUT2D eigenvalue weighted by Gasteiger charge is -2.12. The average Bonchev–Trinajstić information content (AvgIpc) is 3.21. The van der Waals surface area contributed by atoms with E-state index in [1.54, 1.807) is 13.3 Å². The number of hydrogen-bond donors (Lipinski definition) is 3. The summed E-state index contributed by atoms with van der Waals surface area (Å²) in [4.78, 5) is 8.66. The fraction of sp³-hybridized carbons (Fsp3) is 0.190. The lowest BCUT2D eigenvalue weighted by Crippen LogP contribution is -2.31. The molecule has 4 aromatic rings. The van der Waals surface area contributed by atoms with Crippen LogP contribution in [0.3, 0.4) is 0 Å². The molecule has 0 saturated heterocycles. The maximum atomic E-state index is 6.24. The van der Waals surface area contributed by atoms with Crippen molar-refractivity contribution in [2.45, 2.75) is 12.5 Å². The molecule has 7 heteroatoms. The highest BCUT2D eigenvalue weighted by molar-refractivity contribution is 5.85. The number of fused-ring (bicyclic) bond motifs is 1. The lowest BCUT2D eigenvalue weighted by molar-refractivity contribution is 0.414. The van der Waals surface area contributed by atoms with Gasteiger partial charge in [-0.1, -0.05) is 24.3 Å². The summed E-state index contributed by atoms with van der Waals surface area (Å²) in [5.41, 5.74) is 8.38. The smallest absolute Gasteiger partial charge is 0.242 e. The van der Waals surface area contributed by atoms with E-state index < -0.39 is 0 Å². The number of nitrogens with one attached hydrogen (secondary N) is 2. The number of pyridine rings is 1. The molecule has 0 bridgehead atoms.